The molecule has 0 bridgehead atoms. The first kappa shape index (κ1) is 99.5. The number of rotatable bonds is 4. The van der Waals surface area contributed by atoms with Crippen molar-refractivity contribution in [2.45, 2.75) is 246 Å². The van der Waals surface area contributed by atoms with Crippen molar-refractivity contribution in [2.24, 2.45) is 0 Å². The minimum absolute atomic E-state index is 0.981. The summed E-state index contributed by atoms with van der Waals surface area (Å²) in [5.41, 5.74) is 34.0. The molecule has 4 aliphatic rings. The van der Waals surface area contributed by atoms with Gasteiger partial charge in [-0.3, -0.25) is 0 Å². The van der Waals surface area contributed by atoms with E-state index in [4.69, 9.17) is 0 Å². The molecule has 0 saturated heterocycles. The molecule has 128 heavy (non-hydrogen) atoms. The molecule has 4 nitrogen and oxygen atoms in total. The molecule has 4 heteroatoms. The molecule has 0 saturated carbocycles. The summed E-state index contributed by atoms with van der Waals surface area (Å²) in [5.74, 6) is 0. The molecule has 4 heterocycles. The molecule has 0 spiro atoms. The maximum Gasteiger partial charge on any atom is 0.0577 e. The lowest BCUT2D eigenvalue weighted by Gasteiger charge is -2.12. The van der Waals surface area contributed by atoms with Crippen LogP contribution >= 0.6 is 0 Å². The Kier molecular flexibility index (Phi) is 37.4. The van der Waals surface area contributed by atoms with Gasteiger partial charge in [0.2, 0.25) is 0 Å². The number of fused-ring (bicyclic) bond motifs is 36. The van der Waals surface area contributed by atoms with Crippen molar-refractivity contribution < 1.29 is 0 Å². The summed E-state index contributed by atoms with van der Waals surface area (Å²) in [5, 5.41) is 22.0. The zero-order valence-electron chi connectivity index (χ0n) is 83.2. The van der Waals surface area contributed by atoms with Crippen molar-refractivity contribution in [1.29, 1.82) is 0 Å². The molecule has 0 amide bonds. The second-order valence-corrected chi connectivity index (χ2v) is 29.0. The zero-order valence-corrected chi connectivity index (χ0v) is 83.2. The summed E-state index contributed by atoms with van der Waals surface area (Å²) in [6, 6.07) is 108. The molecule has 0 aliphatic heterocycles. The Morgan fingerprint density at radius 1 is 0.180 bits per heavy atom. The Labute approximate surface area is 769 Å². The molecule has 0 atom stereocenters. The molecule has 4 aromatic heterocycles. The fraction of sp³-hybridized carbons (Fsp3) is 0.290. The van der Waals surface area contributed by atoms with Crippen molar-refractivity contribution in [3.63, 3.8) is 0 Å². The third kappa shape index (κ3) is 18.0. The molecular formula is C124H148N4. The summed E-state index contributed by atoms with van der Waals surface area (Å²) < 4.78 is 9.93. The maximum absolute atomic E-state index is 2.49. The first-order valence-corrected chi connectivity index (χ1v) is 49.6. The first-order valence-electron chi connectivity index (χ1n) is 49.6. The monoisotopic (exact) mass is 1690 g/mol. The zero-order chi connectivity index (χ0) is 93.0. The Morgan fingerprint density at radius 3 is 0.984 bits per heavy atom. The predicted octanol–water partition coefficient (Wildman–Crippen LogP) is 38.5. The number of aryl methyl sites for hydroxylation is 4. The fourth-order valence-electron chi connectivity index (χ4n) is 19.6. The average Bonchev–Trinajstić information content (AvgIpc) is 2.29. The van der Waals surface area contributed by atoms with Gasteiger partial charge in [0.1, 0.15) is 0 Å². The standard InChI is InChI=1S/4C25H19N.12C2H6/c1-2-26-22-14-12-18-15-17-8-4-5-9-19(17)23(18)24(22)21-13-11-16-7-3-6-10-20(16)25(21)26;1-2-26-21-13-11-16-7-3-5-9-19(16)24(21)25-22(26)14-12-18-15-17-8-4-6-10-20(17)23(18)25;1-2-26-22-14-8-7-13-20(22)24-23-17-10-4-3-9-16(17)15-21(23)18-11-5-6-12-19(18)25(24)26;1-2-26-22-12-11-19-13-18-9-5-6-10-20(18)24(19)25(22)21-14-16-7-3-4-8-17(16)15-23(21)26;12*1-2/h3*3-14H,2,15H2,1H3;3-12,14-15H,2,13H2,1H3;12*1-2H3. The third-order valence-corrected chi connectivity index (χ3v) is 23.9. The van der Waals surface area contributed by atoms with E-state index < -0.39 is 0 Å². The van der Waals surface area contributed by atoms with E-state index in [9.17, 15) is 0 Å². The SMILES string of the molecule is CC.CC.CC.CC.CC.CC.CC.CC.CC.CC.CC.CC.CCn1c2cc3ccccc3cc2c2c3c(ccc21)Cc1ccccc1-3.CCn1c2ccc3c(c2c2c4ccccc4ccc21)-c1ccccc1C3.CCn1c2ccc3c(c2c2ccc4ccccc4c21)-c1ccccc1C3.CCn1c2ccccc2c2c3c(c4ccccc4c21)Cc1ccccc1-3. The molecule has 0 fully saturated rings. The van der Waals surface area contributed by atoms with E-state index in [1.807, 2.05) is 166 Å². The first-order chi connectivity index (χ1) is 63.5. The smallest absolute Gasteiger partial charge is 0.0577 e. The number of hydrogen-bond donors (Lipinski definition) is 0. The van der Waals surface area contributed by atoms with Gasteiger partial charge in [-0.15, -0.1) is 0 Å². The van der Waals surface area contributed by atoms with E-state index in [2.05, 4.69) is 337 Å². The summed E-state index contributed by atoms with van der Waals surface area (Å²) in [6.07, 6.45) is 4.18. The van der Waals surface area contributed by atoms with Gasteiger partial charge in [-0.25, -0.2) is 0 Å². The highest BCUT2D eigenvalue weighted by Gasteiger charge is 2.31. The average molecular weight is 1690 g/mol. The van der Waals surface area contributed by atoms with E-state index in [0.717, 1.165) is 51.9 Å². The summed E-state index contributed by atoms with van der Waals surface area (Å²) >= 11 is 0. The summed E-state index contributed by atoms with van der Waals surface area (Å²) in [4.78, 5) is 0. The minimum Gasteiger partial charge on any atom is -0.341 e. The third-order valence-electron chi connectivity index (χ3n) is 23.9. The van der Waals surface area contributed by atoms with Gasteiger partial charge in [-0.2, -0.15) is 0 Å². The van der Waals surface area contributed by atoms with E-state index in [1.54, 1.807) is 0 Å². The van der Waals surface area contributed by atoms with Crippen molar-refractivity contribution >= 4 is 130 Å². The Hall–Kier alpha value is -12.2. The predicted molar refractivity (Wildman–Crippen MR) is 580 cm³/mol. The van der Waals surface area contributed by atoms with Gasteiger partial charge in [0.15, 0.2) is 0 Å². The van der Waals surface area contributed by atoms with Gasteiger partial charge in [0.25, 0.3) is 0 Å². The Morgan fingerprint density at radius 2 is 0.500 bits per heavy atom. The van der Waals surface area contributed by atoms with E-state index in [-0.39, 0.29) is 0 Å². The molecule has 664 valence electrons. The van der Waals surface area contributed by atoms with Crippen molar-refractivity contribution in [3.05, 3.63) is 336 Å². The quantitative estimate of drug-likeness (QED) is 0.167. The van der Waals surface area contributed by atoms with Crippen LogP contribution < -0.4 is 0 Å². The normalized spacial score (nSPS) is 11.0. The maximum atomic E-state index is 2.49. The molecular weight excluding hydrogens is 1550 g/mol. The minimum atomic E-state index is 0.981. The van der Waals surface area contributed by atoms with Gasteiger partial charge in [-0.1, -0.05) is 415 Å². The summed E-state index contributed by atoms with van der Waals surface area (Å²) in [6.45, 7) is 60.9. The molecule has 16 aromatic carbocycles. The lowest BCUT2D eigenvalue weighted by atomic mass is 9.93. The van der Waals surface area contributed by atoms with Gasteiger partial charge in [0.05, 0.1) is 11.0 Å². The van der Waals surface area contributed by atoms with Gasteiger partial charge in [0, 0.05) is 113 Å². The summed E-state index contributed by atoms with van der Waals surface area (Å²) in [7, 11) is 0. The van der Waals surface area contributed by atoms with Crippen LogP contribution in [0.5, 0.6) is 0 Å². The van der Waals surface area contributed by atoms with Gasteiger partial charge in [-0.05, 0) is 217 Å². The molecule has 0 radical (unpaired) electrons. The lowest BCUT2D eigenvalue weighted by Crippen LogP contribution is -1.95. The van der Waals surface area contributed by atoms with Crippen LogP contribution in [0.4, 0.5) is 0 Å². The number of nitrogens with zero attached hydrogens (tertiary/aromatic N) is 4. The Balaban J connectivity index is 0.000000178. The van der Waals surface area contributed by atoms with Gasteiger partial charge < -0.3 is 18.3 Å². The number of aromatic nitrogens is 4. The van der Waals surface area contributed by atoms with Crippen molar-refractivity contribution in [1.82, 2.24) is 18.3 Å². The van der Waals surface area contributed by atoms with E-state index in [1.165, 1.54) is 219 Å². The second-order valence-electron chi connectivity index (χ2n) is 29.0. The number of hydrogen-bond acceptors (Lipinski definition) is 0. The van der Waals surface area contributed by atoms with E-state index >= 15 is 0 Å². The molecule has 0 N–H and O–H groups in total. The molecule has 24 rings (SSSR count). The highest BCUT2D eigenvalue weighted by molar-refractivity contribution is 6.28. The molecule has 4 aliphatic carbocycles. The van der Waals surface area contributed by atoms with Crippen LogP contribution in [0.3, 0.4) is 0 Å². The van der Waals surface area contributed by atoms with Crippen LogP contribution in [0.2, 0.25) is 0 Å². The highest BCUT2D eigenvalue weighted by atomic mass is 15.0. The largest absolute Gasteiger partial charge is 0.341 e. The topological polar surface area (TPSA) is 19.7 Å². The highest BCUT2D eigenvalue weighted by Crippen LogP contribution is 2.52. The fourth-order valence-corrected chi connectivity index (χ4v) is 19.6. The van der Waals surface area contributed by atoms with Crippen LogP contribution in [0.15, 0.2) is 291 Å². The lowest BCUT2D eigenvalue weighted by molar-refractivity contribution is 0.827. The number of para-hydroxylation sites is 1. The second kappa shape index (κ2) is 48.1. The van der Waals surface area contributed by atoms with Crippen LogP contribution in [-0.2, 0) is 51.9 Å². The van der Waals surface area contributed by atoms with Crippen LogP contribution in [0.1, 0.15) is 238 Å². The van der Waals surface area contributed by atoms with Crippen molar-refractivity contribution in [2.75, 3.05) is 0 Å². The number of benzene rings is 16. The van der Waals surface area contributed by atoms with Crippen LogP contribution in [0.25, 0.3) is 175 Å². The van der Waals surface area contributed by atoms with Crippen LogP contribution in [-0.4, -0.2) is 18.3 Å². The van der Waals surface area contributed by atoms with Crippen molar-refractivity contribution in [3.8, 4) is 44.5 Å². The molecule has 0 unspecified atom stereocenters. The molecule has 20 aromatic rings. The van der Waals surface area contributed by atoms with Crippen LogP contribution in [0, 0.1) is 0 Å². The Bertz CT molecular complexity index is 6950. The van der Waals surface area contributed by atoms with Gasteiger partial charge >= 0.3 is 0 Å². The van der Waals surface area contributed by atoms with E-state index in [0.29, 0.717) is 0 Å².